The largest absolute Gasteiger partial charge is 0.492 e. The standard InChI is InChI=1S/C22H28N4O4S/c1-4-26(5-2)31(28,29)17-11-12-20-19(15-17)23-16-25(20)14-13-22(27)24-18-9-7-8-10-21(18)30-6-3/h7-12,15-16H,4-6,13-14H2,1-3H3,(H,24,27). The maximum Gasteiger partial charge on any atom is 0.243 e. The summed E-state index contributed by atoms with van der Waals surface area (Å²) in [4.78, 5) is 17.0. The number of para-hydroxylation sites is 2. The second-order valence-corrected chi connectivity index (χ2v) is 8.84. The average Bonchev–Trinajstić information content (AvgIpc) is 3.17. The number of hydrogen-bond donors (Lipinski definition) is 1. The number of aryl methyl sites for hydroxylation is 1. The van der Waals surface area contributed by atoms with Gasteiger partial charge in [0.1, 0.15) is 5.75 Å². The molecule has 0 bridgehead atoms. The summed E-state index contributed by atoms with van der Waals surface area (Å²) in [6, 6.07) is 12.2. The molecule has 0 spiro atoms. The maximum atomic E-state index is 12.7. The summed E-state index contributed by atoms with van der Waals surface area (Å²) in [7, 11) is -3.54. The zero-order chi connectivity index (χ0) is 22.4. The van der Waals surface area contributed by atoms with Gasteiger partial charge in [0, 0.05) is 26.1 Å². The Hall–Kier alpha value is -2.91. The highest BCUT2D eigenvalue weighted by molar-refractivity contribution is 7.89. The van der Waals surface area contributed by atoms with Gasteiger partial charge in [-0.2, -0.15) is 4.31 Å². The second-order valence-electron chi connectivity index (χ2n) is 6.91. The number of anilines is 1. The van der Waals surface area contributed by atoms with Gasteiger partial charge < -0.3 is 14.6 Å². The summed E-state index contributed by atoms with van der Waals surface area (Å²) < 4.78 is 34.3. The first-order chi connectivity index (χ1) is 14.9. The Balaban J connectivity index is 1.71. The van der Waals surface area contributed by atoms with E-state index in [9.17, 15) is 13.2 Å². The van der Waals surface area contributed by atoms with E-state index in [0.29, 0.717) is 43.2 Å². The van der Waals surface area contributed by atoms with Crippen molar-refractivity contribution in [2.45, 2.75) is 38.6 Å². The molecule has 1 aromatic heterocycles. The van der Waals surface area contributed by atoms with Gasteiger partial charge in [0.05, 0.1) is 34.6 Å². The summed E-state index contributed by atoms with van der Waals surface area (Å²) in [5.41, 5.74) is 1.99. The van der Waals surface area contributed by atoms with Crippen molar-refractivity contribution < 1.29 is 17.9 Å². The minimum absolute atomic E-state index is 0.144. The van der Waals surface area contributed by atoms with Crippen molar-refractivity contribution >= 4 is 32.7 Å². The fourth-order valence-corrected chi connectivity index (χ4v) is 4.86. The maximum absolute atomic E-state index is 12.7. The fourth-order valence-electron chi connectivity index (χ4n) is 3.38. The average molecular weight is 445 g/mol. The highest BCUT2D eigenvalue weighted by Gasteiger charge is 2.22. The third kappa shape index (κ3) is 5.05. The van der Waals surface area contributed by atoms with Gasteiger partial charge >= 0.3 is 0 Å². The van der Waals surface area contributed by atoms with Crippen LogP contribution in [-0.2, 0) is 21.4 Å². The first-order valence-electron chi connectivity index (χ1n) is 10.4. The van der Waals surface area contributed by atoms with Crippen LogP contribution < -0.4 is 10.1 Å². The van der Waals surface area contributed by atoms with Crippen molar-refractivity contribution in [2.75, 3.05) is 25.0 Å². The molecule has 0 aliphatic heterocycles. The first kappa shape index (κ1) is 22.8. The molecule has 3 rings (SSSR count). The molecule has 31 heavy (non-hydrogen) atoms. The van der Waals surface area contributed by atoms with Crippen LogP contribution in [0.5, 0.6) is 5.75 Å². The molecule has 0 saturated carbocycles. The molecule has 0 aliphatic carbocycles. The number of nitrogens with zero attached hydrogens (tertiary/aromatic N) is 3. The van der Waals surface area contributed by atoms with Crippen LogP contribution >= 0.6 is 0 Å². The Kier molecular flexibility index (Phi) is 7.29. The lowest BCUT2D eigenvalue weighted by atomic mass is 10.2. The Labute approximate surface area is 182 Å². The number of imidazole rings is 1. The third-order valence-electron chi connectivity index (χ3n) is 4.98. The molecule has 1 amide bonds. The van der Waals surface area contributed by atoms with E-state index >= 15 is 0 Å². The van der Waals surface area contributed by atoms with Gasteiger partial charge in [-0.1, -0.05) is 26.0 Å². The smallest absolute Gasteiger partial charge is 0.243 e. The molecule has 0 radical (unpaired) electrons. The number of sulfonamides is 1. The molecule has 1 N–H and O–H groups in total. The molecule has 166 valence electrons. The summed E-state index contributed by atoms with van der Waals surface area (Å²) in [5.74, 6) is 0.489. The van der Waals surface area contributed by atoms with Gasteiger partial charge in [0.2, 0.25) is 15.9 Å². The van der Waals surface area contributed by atoms with Crippen molar-refractivity contribution in [1.29, 1.82) is 0 Å². The van der Waals surface area contributed by atoms with Crippen molar-refractivity contribution in [3.63, 3.8) is 0 Å². The van der Waals surface area contributed by atoms with Crippen LogP contribution in [0.3, 0.4) is 0 Å². The molecule has 0 unspecified atom stereocenters. The number of fused-ring (bicyclic) bond motifs is 1. The quantitative estimate of drug-likeness (QED) is 0.517. The van der Waals surface area contributed by atoms with Crippen LogP contribution in [0.4, 0.5) is 5.69 Å². The molecule has 2 aromatic carbocycles. The highest BCUT2D eigenvalue weighted by Crippen LogP contribution is 2.24. The van der Waals surface area contributed by atoms with Crippen molar-refractivity contribution in [1.82, 2.24) is 13.9 Å². The zero-order valence-corrected chi connectivity index (χ0v) is 18.9. The van der Waals surface area contributed by atoms with Gasteiger partial charge in [-0.15, -0.1) is 0 Å². The predicted molar refractivity (Wildman–Crippen MR) is 121 cm³/mol. The first-order valence-corrected chi connectivity index (χ1v) is 11.8. The van der Waals surface area contributed by atoms with Gasteiger partial charge in [0.15, 0.2) is 0 Å². The number of carbonyl (C=O) groups excluding carboxylic acids is 1. The van der Waals surface area contributed by atoms with E-state index in [4.69, 9.17) is 4.74 Å². The van der Waals surface area contributed by atoms with Gasteiger partial charge in [-0.3, -0.25) is 4.79 Å². The number of carbonyl (C=O) groups is 1. The van der Waals surface area contributed by atoms with E-state index in [0.717, 1.165) is 5.52 Å². The third-order valence-corrected chi connectivity index (χ3v) is 7.02. The van der Waals surface area contributed by atoms with Gasteiger partial charge in [-0.25, -0.2) is 13.4 Å². The summed E-state index contributed by atoms with van der Waals surface area (Å²) in [6.45, 7) is 7.26. The van der Waals surface area contributed by atoms with Crippen LogP contribution in [0.1, 0.15) is 27.2 Å². The van der Waals surface area contributed by atoms with Crippen LogP contribution in [-0.4, -0.2) is 47.9 Å². The molecule has 0 saturated heterocycles. The fraction of sp³-hybridized carbons (Fsp3) is 0.364. The van der Waals surface area contributed by atoms with Gasteiger partial charge in [0.25, 0.3) is 0 Å². The zero-order valence-electron chi connectivity index (χ0n) is 18.0. The normalized spacial score (nSPS) is 11.7. The number of rotatable bonds is 10. The molecule has 0 atom stereocenters. The van der Waals surface area contributed by atoms with E-state index in [1.807, 2.05) is 43.5 Å². The summed E-state index contributed by atoms with van der Waals surface area (Å²) in [5, 5.41) is 2.88. The predicted octanol–water partition coefficient (Wildman–Crippen LogP) is 3.49. The number of amides is 1. The van der Waals surface area contributed by atoms with E-state index < -0.39 is 10.0 Å². The lowest BCUT2D eigenvalue weighted by Crippen LogP contribution is -2.30. The summed E-state index contributed by atoms with van der Waals surface area (Å²) in [6.07, 6.45) is 1.87. The Morgan fingerprint density at radius 2 is 1.87 bits per heavy atom. The minimum atomic E-state index is -3.54. The topological polar surface area (TPSA) is 93.5 Å². The van der Waals surface area contributed by atoms with E-state index in [1.54, 1.807) is 30.6 Å². The molecule has 0 aliphatic rings. The summed E-state index contributed by atoms with van der Waals surface area (Å²) >= 11 is 0. The Bertz CT molecular complexity index is 1150. The number of aromatic nitrogens is 2. The monoisotopic (exact) mass is 444 g/mol. The number of hydrogen-bond acceptors (Lipinski definition) is 5. The van der Waals surface area contributed by atoms with Crippen LogP contribution in [0.15, 0.2) is 53.7 Å². The second kappa shape index (κ2) is 9.93. The molecular formula is C22H28N4O4S. The molecule has 8 nitrogen and oxygen atoms in total. The van der Waals surface area contributed by atoms with Crippen molar-refractivity contribution in [3.8, 4) is 5.75 Å². The highest BCUT2D eigenvalue weighted by atomic mass is 32.2. The molecule has 9 heteroatoms. The van der Waals surface area contributed by atoms with E-state index in [-0.39, 0.29) is 17.2 Å². The number of nitrogens with one attached hydrogen (secondary N) is 1. The van der Waals surface area contributed by atoms with Crippen molar-refractivity contribution in [2.24, 2.45) is 0 Å². The van der Waals surface area contributed by atoms with Crippen LogP contribution in [0, 0.1) is 0 Å². The molecule has 1 heterocycles. The van der Waals surface area contributed by atoms with E-state index in [1.165, 1.54) is 4.31 Å². The van der Waals surface area contributed by atoms with Crippen molar-refractivity contribution in [3.05, 3.63) is 48.8 Å². The SMILES string of the molecule is CCOc1ccccc1NC(=O)CCn1cnc2cc(S(=O)(=O)N(CC)CC)ccc21. The molecule has 3 aromatic rings. The van der Waals surface area contributed by atoms with Crippen LogP contribution in [0.25, 0.3) is 11.0 Å². The Morgan fingerprint density at radius 1 is 1.13 bits per heavy atom. The van der Waals surface area contributed by atoms with Crippen LogP contribution in [0.2, 0.25) is 0 Å². The van der Waals surface area contributed by atoms with Gasteiger partial charge in [-0.05, 0) is 37.3 Å². The number of ether oxygens (including phenoxy) is 1. The lowest BCUT2D eigenvalue weighted by molar-refractivity contribution is -0.116. The molecular weight excluding hydrogens is 416 g/mol. The number of benzene rings is 2. The lowest BCUT2D eigenvalue weighted by Gasteiger charge is -2.18. The Morgan fingerprint density at radius 3 is 2.58 bits per heavy atom. The minimum Gasteiger partial charge on any atom is -0.492 e. The van der Waals surface area contributed by atoms with E-state index in [2.05, 4.69) is 10.3 Å². The molecule has 0 fully saturated rings.